The van der Waals surface area contributed by atoms with Crippen molar-refractivity contribution >= 4 is 14.4 Å². The second-order valence-corrected chi connectivity index (χ2v) is 8.75. The van der Waals surface area contributed by atoms with Crippen LogP contribution in [0.25, 0.3) is 6.08 Å². The van der Waals surface area contributed by atoms with E-state index in [9.17, 15) is 0 Å². The van der Waals surface area contributed by atoms with Crippen molar-refractivity contribution in [3.63, 3.8) is 0 Å². The first-order chi connectivity index (χ1) is 6.58. The van der Waals surface area contributed by atoms with E-state index in [4.69, 9.17) is 4.43 Å². The summed E-state index contributed by atoms with van der Waals surface area (Å²) in [6.07, 6.45) is 4.17. The summed E-state index contributed by atoms with van der Waals surface area (Å²) in [5, 5.41) is 0. The Morgan fingerprint density at radius 1 is 1.14 bits per heavy atom. The molecule has 0 aliphatic rings. The largest absolute Gasteiger partial charge is 0.414 e. The van der Waals surface area contributed by atoms with Crippen molar-refractivity contribution in [1.82, 2.24) is 0 Å². The minimum Gasteiger partial charge on any atom is -0.414 e. The lowest BCUT2D eigenvalue weighted by Gasteiger charge is -2.14. The van der Waals surface area contributed by atoms with Crippen LogP contribution in [-0.4, -0.2) is 14.9 Å². The Morgan fingerprint density at radius 2 is 1.79 bits per heavy atom. The summed E-state index contributed by atoms with van der Waals surface area (Å²) in [6, 6.07) is 10.3. The zero-order valence-corrected chi connectivity index (χ0v) is 10.2. The molecule has 0 fully saturated rings. The van der Waals surface area contributed by atoms with E-state index in [1.165, 1.54) is 5.56 Å². The van der Waals surface area contributed by atoms with Gasteiger partial charge < -0.3 is 4.43 Å². The first-order valence-corrected chi connectivity index (χ1v) is 8.34. The molecule has 0 aliphatic heterocycles. The second kappa shape index (κ2) is 5.13. The summed E-state index contributed by atoms with van der Waals surface area (Å²) in [5.74, 6) is 0. The maximum atomic E-state index is 5.70. The average Bonchev–Trinajstić information content (AvgIpc) is 2.13. The minimum absolute atomic E-state index is 0.727. The summed E-state index contributed by atoms with van der Waals surface area (Å²) in [6.45, 7) is 7.32. The first kappa shape index (κ1) is 11.2. The third-order valence-corrected chi connectivity index (χ3v) is 2.76. The van der Waals surface area contributed by atoms with Crippen LogP contribution in [0.15, 0.2) is 36.4 Å². The van der Waals surface area contributed by atoms with Crippen LogP contribution in [0.4, 0.5) is 0 Å². The van der Waals surface area contributed by atoms with Crippen molar-refractivity contribution < 1.29 is 4.43 Å². The van der Waals surface area contributed by atoms with Crippen molar-refractivity contribution in [2.45, 2.75) is 19.6 Å². The average molecular weight is 206 g/mol. The van der Waals surface area contributed by atoms with Gasteiger partial charge in [0.05, 0.1) is 6.61 Å². The van der Waals surface area contributed by atoms with Crippen LogP contribution in [0.3, 0.4) is 0 Å². The molecular weight excluding hydrogens is 188 g/mol. The molecule has 14 heavy (non-hydrogen) atoms. The zero-order chi connectivity index (χ0) is 10.4. The highest BCUT2D eigenvalue weighted by Crippen LogP contribution is 2.04. The molecule has 1 aromatic rings. The molecule has 1 nitrogen and oxygen atoms in total. The molecule has 0 aliphatic carbocycles. The molecule has 0 saturated heterocycles. The van der Waals surface area contributed by atoms with E-state index in [1.807, 2.05) is 18.2 Å². The topological polar surface area (TPSA) is 9.23 Å². The van der Waals surface area contributed by atoms with Crippen molar-refractivity contribution in [2.75, 3.05) is 6.61 Å². The molecule has 76 valence electrons. The molecule has 0 heterocycles. The van der Waals surface area contributed by atoms with Gasteiger partial charge in [-0.15, -0.1) is 0 Å². The molecular formula is C12H18OSi. The Balaban J connectivity index is 2.35. The molecule has 1 aromatic carbocycles. The smallest absolute Gasteiger partial charge is 0.184 e. The summed E-state index contributed by atoms with van der Waals surface area (Å²) in [4.78, 5) is 0. The highest BCUT2D eigenvalue weighted by atomic mass is 28.4. The monoisotopic (exact) mass is 206 g/mol. The fourth-order valence-electron chi connectivity index (χ4n) is 1.05. The van der Waals surface area contributed by atoms with E-state index in [1.54, 1.807) is 0 Å². The molecule has 0 radical (unpaired) electrons. The van der Waals surface area contributed by atoms with Crippen LogP contribution in [0, 0.1) is 0 Å². The van der Waals surface area contributed by atoms with E-state index in [-0.39, 0.29) is 0 Å². The maximum absolute atomic E-state index is 5.70. The highest BCUT2D eigenvalue weighted by Gasteiger charge is 2.11. The Morgan fingerprint density at radius 3 is 2.36 bits per heavy atom. The van der Waals surface area contributed by atoms with Gasteiger partial charge in [0.2, 0.25) is 0 Å². The number of benzene rings is 1. The summed E-state index contributed by atoms with van der Waals surface area (Å²) >= 11 is 0. The van der Waals surface area contributed by atoms with Crippen LogP contribution in [0.1, 0.15) is 5.56 Å². The predicted octanol–water partition coefficient (Wildman–Crippen LogP) is 3.55. The lowest BCUT2D eigenvalue weighted by Crippen LogP contribution is -2.25. The van der Waals surface area contributed by atoms with Gasteiger partial charge in [-0.3, -0.25) is 0 Å². The van der Waals surface area contributed by atoms with Crippen molar-refractivity contribution in [1.29, 1.82) is 0 Å². The second-order valence-electron chi connectivity index (χ2n) is 4.24. The highest BCUT2D eigenvalue weighted by molar-refractivity contribution is 6.69. The van der Waals surface area contributed by atoms with Crippen LogP contribution < -0.4 is 0 Å². The van der Waals surface area contributed by atoms with Gasteiger partial charge in [0.1, 0.15) is 0 Å². The molecule has 0 unspecified atom stereocenters. The molecule has 0 aromatic heterocycles. The van der Waals surface area contributed by atoms with Crippen molar-refractivity contribution in [3.8, 4) is 0 Å². The number of rotatable bonds is 4. The van der Waals surface area contributed by atoms with Gasteiger partial charge in [-0.2, -0.15) is 0 Å². The third-order valence-electron chi connectivity index (χ3n) is 1.72. The molecule has 1 rings (SSSR count). The van der Waals surface area contributed by atoms with Gasteiger partial charge in [0.15, 0.2) is 8.32 Å². The van der Waals surface area contributed by atoms with Gasteiger partial charge in [-0.05, 0) is 25.2 Å². The Kier molecular flexibility index (Phi) is 4.11. The summed E-state index contributed by atoms with van der Waals surface area (Å²) in [7, 11) is -1.35. The maximum Gasteiger partial charge on any atom is 0.184 e. The number of hydrogen-bond acceptors (Lipinski definition) is 1. The van der Waals surface area contributed by atoms with Crippen LogP contribution in [-0.2, 0) is 4.43 Å². The summed E-state index contributed by atoms with van der Waals surface area (Å²) < 4.78 is 5.70. The molecule has 2 heteroatoms. The third kappa shape index (κ3) is 4.99. The fourth-order valence-corrected chi connectivity index (χ4v) is 1.64. The molecule has 0 amide bonds. The lowest BCUT2D eigenvalue weighted by molar-refractivity contribution is 0.358. The van der Waals surface area contributed by atoms with E-state index in [0.29, 0.717) is 0 Å². The van der Waals surface area contributed by atoms with Crippen molar-refractivity contribution in [2.24, 2.45) is 0 Å². The van der Waals surface area contributed by atoms with E-state index < -0.39 is 8.32 Å². The molecule has 0 saturated carbocycles. The van der Waals surface area contributed by atoms with Gasteiger partial charge in [-0.1, -0.05) is 42.5 Å². The standard InChI is InChI=1S/C12H18OSi/c1-14(2,3)13-11-7-10-12-8-5-4-6-9-12/h4-10H,11H2,1-3H3/b10-7+. The van der Waals surface area contributed by atoms with Gasteiger partial charge >= 0.3 is 0 Å². The normalized spacial score (nSPS) is 12.2. The lowest BCUT2D eigenvalue weighted by atomic mass is 10.2. The Labute approximate surface area is 87.5 Å². The Bertz CT molecular complexity index is 285. The van der Waals surface area contributed by atoms with Gasteiger partial charge in [-0.25, -0.2) is 0 Å². The van der Waals surface area contributed by atoms with Gasteiger partial charge in [0.25, 0.3) is 0 Å². The van der Waals surface area contributed by atoms with Crippen LogP contribution >= 0.6 is 0 Å². The van der Waals surface area contributed by atoms with Crippen molar-refractivity contribution in [3.05, 3.63) is 42.0 Å². The molecule has 0 bridgehead atoms. The van der Waals surface area contributed by atoms with Crippen LogP contribution in [0.2, 0.25) is 19.6 Å². The quantitative estimate of drug-likeness (QED) is 0.685. The van der Waals surface area contributed by atoms with E-state index in [0.717, 1.165) is 6.61 Å². The van der Waals surface area contributed by atoms with E-state index in [2.05, 4.69) is 43.9 Å². The zero-order valence-electron chi connectivity index (χ0n) is 9.16. The fraction of sp³-hybridized carbons (Fsp3) is 0.333. The van der Waals surface area contributed by atoms with Crippen LogP contribution in [0.5, 0.6) is 0 Å². The summed E-state index contributed by atoms with van der Waals surface area (Å²) in [5.41, 5.74) is 1.23. The Hall–Kier alpha value is -0.863. The molecule has 0 spiro atoms. The number of hydrogen-bond donors (Lipinski definition) is 0. The molecule has 0 N–H and O–H groups in total. The van der Waals surface area contributed by atoms with E-state index >= 15 is 0 Å². The molecule has 0 atom stereocenters. The first-order valence-electron chi connectivity index (χ1n) is 4.93. The SMILES string of the molecule is C[Si](C)(C)OC/C=C/c1ccccc1. The predicted molar refractivity (Wildman–Crippen MR) is 64.8 cm³/mol. The van der Waals surface area contributed by atoms with Gasteiger partial charge in [0, 0.05) is 0 Å². The minimum atomic E-state index is -1.35.